The Kier molecular flexibility index (Phi) is 6.45. The van der Waals surface area contributed by atoms with Crippen molar-refractivity contribution < 1.29 is 18.4 Å². The van der Waals surface area contributed by atoms with Gasteiger partial charge in [-0.05, 0) is 42.3 Å². The number of rotatable bonds is 6. The average molecular weight is 356 g/mol. The van der Waals surface area contributed by atoms with Crippen LogP contribution in [0.15, 0.2) is 42.5 Å². The van der Waals surface area contributed by atoms with E-state index in [0.717, 1.165) is 12.1 Å². The number of nitrogens with zero attached hydrogens (tertiary/aromatic N) is 1. The van der Waals surface area contributed by atoms with Crippen LogP contribution in [0.1, 0.15) is 17.5 Å². The summed E-state index contributed by atoms with van der Waals surface area (Å²) in [6, 6.07) is 10.2. The largest absolute Gasteiger partial charge is 0.358 e. The van der Waals surface area contributed by atoms with Gasteiger partial charge in [-0.3, -0.25) is 9.59 Å². The summed E-state index contributed by atoms with van der Waals surface area (Å²) in [4.78, 5) is 25.7. The second-order valence-corrected chi connectivity index (χ2v) is 5.60. The summed E-state index contributed by atoms with van der Waals surface area (Å²) in [5.74, 6) is -0.0770. The Balaban J connectivity index is 2.18. The van der Waals surface area contributed by atoms with Crippen molar-refractivity contribution in [1.82, 2.24) is 5.32 Å². The van der Waals surface area contributed by atoms with Crippen molar-refractivity contribution in [2.75, 3.05) is 18.5 Å². The van der Waals surface area contributed by atoms with E-state index in [1.54, 1.807) is 24.3 Å². The van der Waals surface area contributed by atoms with Crippen molar-refractivity contribution >= 4 is 17.5 Å². The maximum atomic E-state index is 13.3. The van der Waals surface area contributed by atoms with E-state index in [2.05, 4.69) is 11.2 Å². The van der Waals surface area contributed by atoms with Gasteiger partial charge >= 0.3 is 0 Å². The first-order valence-electron chi connectivity index (χ1n) is 7.96. The predicted octanol–water partition coefficient (Wildman–Crippen LogP) is 2.66. The van der Waals surface area contributed by atoms with E-state index in [4.69, 9.17) is 6.42 Å². The van der Waals surface area contributed by atoms with Crippen LogP contribution < -0.4 is 10.2 Å². The summed E-state index contributed by atoms with van der Waals surface area (Å²) in [5.41, 5.74) is 1.58. The minimum atomic E-state index is -0.959. The van der Waals surface area contributed by atoms with Crippen LogP contribution in [0.25, 0.3) is 0 Å². The molecular weight excluding hydrogens is 338 g/mol. The molecule has 2 aromatic carbocycles. The second kappa shape index (κ2) is 8.77. The maximum Gasteiger partial charge on any atom is 0.239 e. The number of terminal acetylenes is 1. The van der Waals surface area contributed by atoms with Gasteiger partial charge < -0.3 is 10.2 Å². The van der Waals surface area contributed by atoms with Gasteiger partial charge in [-0.25, -0.2) is 8.78 Å². The van der Waals surface area contributed by atoms with E-state index in [1.807, 2.05) is 0 Å². The van der Waals surface area contributed by atoms with E-state index in [-0.39, 0.29) is 31.2 Å². The third-order valence-electron chi connectivity index (χ3n) is 3.82. The van der Waals surface area contributed by atoms with Gasteiger partial charge in [-0.2, -0.15) is 0 Å². The minimum Gasteiger partial charge on any atom is -0.358 e. The van der Waals surface area contributed by atoms with Gasteiger partial charge in [0, 0.05) is 24.7 Å². The molecule has 0 unspecified atom stereocenters. The smallest absolute Gasteiger partial charge is 0.239 e. The number of anilines is 1. The van der Waals surface area contributed by atoms with Gasteiger partial charge in [0.2, 0.25) is 11.8 Å². The van der Waals surface area contributed by atoms with E-state index < -0.39 is 11.6 Å². The molecule has 0 aromatic heterocycles. The molecule has 0 aliphatic heterocycles. The molecule has 0 saturated carbocycles. The summed E-state index contributed by atoms with van der Waals surface area (Å²) in [6.07, 6.45) is 5.63. The molecule has 26 heavy (non-hydrogen) atoms. The fourth-order valence-electron chi connectivity index (χ4n) is 2.39. The van der Waals surface area contributed by atoms with E-state index in [0.29, 0.717) is 16.8 Å². The number of carbonyl (C=O) groups excluding carboxylic acids is 2. The third kappa shape index (κ3) is 4.90. The van der Waals surface area contributed by atoms with Gasteiger partial charge in [-0.1, -0.05) is 18.1 Å². The highest BCUT2D eigenvalue weighted by Crippen LogP contribution is 2.18. The van der Waals surface area contributed by atoms with Crippen LogP contribution in [0.4, 0.5) is 14.5 Å². The molecule has 2 aromatic rings. The number of nitrogens with one attached hydrogen (secondary N) is 1. The normalized spacial score (nSPS) is 10.1. The van der Waals surface area contributed by atoms with Crippen molar-refractivity contribution in [3.63, 3.8) is 0 Å². The zero-order valence-corrected chi connectivity index (χ0v) is 14.3. The number of benzene rings is 2. The first kappa shape index (κ1) is 19.1. The molecule has 0 atom stereocenters. The summed E-state index contributed by atoms with van der Waals surface area (Å²) >= 11 is 0. The second-order valence-electron chi connectivity index (χ2n) is 5.60. The molecule has 0 fully saturated rings. The Morgan fingerprint density at radius 2 is 1.92 bits per heavy atom. The molecule has 6 heteroatoms. The first-order chi connectivity index (χ1) is 12.4. The molecule has 2 amide bonds. The summed E-state index contributed by atoms with van der Waals surface area (Å²) in [6.45, 7) is -0.166. The molecule has 0 aliphatic rings. The quantitative estimate of drug-likeness (QED) is 0.809. The predicted molar refractivity (Wildman–Crippen MR) is 95.5 cm³/mol. The van der Waals surface area contributed by atoms with Crippen LogP contribution in [0.3, 0.4) is 0 Å². The lowest BCUT2D eigenvalue weighted by Gasteiger charge is -2.22. The fraction of sp³-hybridized carbons (Fsp3) is 0.200. The molecule has 0 heterocycles. The van der Waals surface area contributed by atoms with E-state index >= 15 is 0 Å². The van der Waals surface area contributed by atoms with Crippen LogP contribution in [-0.4, -0.2) is 25.4 Å². The van der Waals surface area contributed by atoms with Crippen molar-refractivity contribution in [2.24, 2.45) is 0 Å². The number of aryl methyl sites for hydroxylation is 1. The molecule has 0 bridgehead atoms. The number of hydrogen-bond acceptors (Lipinski definition) is 2. The maximum absolute atomic E-state index is 13.3. The fourth-order valence-corrected chi connectivity index (χ4v) is 2.39. The molecule has 0 radical (unpaired) electrons. The summed E-state index contributed by atoms with van der Waals surface area (Å²) < 4.78 is 26.3. The van der Waals surface area contributed by atoms with E-state index in [9.17, 15) is 18.4 Å². The highest BCUT2D eigenvalue weighted by Gasteiger charge is 2.19. The zero-order chi connectivity index (χ0) is 19.1. The summed E-state index contributed by atoms with van der Waals surface area (Å²) in [7, 11) is 1.48. The van der Waals surface area contributed by atoms with Gasteiger partial charge in [0.25, 0.3) is 0 Å². The van der Waals surface area contributed by atoms with Crippen molar-refractivity contribution in [3.05, 3.63) is 65.2 Å². The van der Waals surface area contributed by atoms with Crippen molar-refractivity contribution in [1.29, 1.82) is 0 Å². The van der Waals surface area contributed by atoms with Crippen LogP contribution >= 0.6 is 0 Å². The molecule has 0 aliphatic carbocycles. The lowest BCUT2D eigenvalue weighted by Crippen LogP contribution is -2.40. The van der Waals surface area contributed by atoms with Crippen LogP contribution in [0.5, 0.6) is 0 Å². The molecule has 2 rings (SSSR count). The van der Waals surface area contributed by atoms with Gasteiger partial charge in [0.15, 0.2) is 11.6 Å². The molecule has 0 saturated heterocycles. The number of likely N-dealkylation sites (N-methyl/N-ethyl adjacent to an activating group) is 1. The number of hydrogen-bond donors (Lipinski definition) is 1. The van der Waals surface area contributed by atoms with Crippen molar-refractivity contribution in [2.45, 2.75) is 12.8 Å². The molecule has 0 spiro atoms. The van der Waals surface area contributed by atoms with Crippen LogP contribution in [0.2, 0.25) is 0 Å². The Morgan fingerprint density at radius 1 is 1.15 bits per heavy atom. The first-order valence-corrected chi connectivity index (χ1v) is 7.96. The standard InChI is InChI=1S/C20H18F2N2O2/c1-3-14-5-4-6-16(11-14)24(13-19(25)23-2)20(26)10-8-15-7-9-17(21)18(22)12-15/h1,4-7,9,11-12H,8,10,13H2,2H3,(H,23,25). The third-order valence-corrected chi connectivity index (χ3v) is 3.82. The highest BCUT2D eigenvalue weighted by molar-refractivity contribution is 5.98. The minimum absolute atomic E-state index is 0.0301. The SMILES string of the molecule is C#Cc1cccc(N(CC(=O)NC)C(=O)CCc2ccc(F)c(F)c2)c1. The van der Waals surface area contributed by atoms with Crippen LogP contribution in [-0.2, 0) is 16.0 Å². The van der Waals surface area contributed by atoms with Crippen molar-refractivity contribution in [3.8, 4) is 12.3 Å². The number of halogens is 2. The molecule has 4 nitrogen and oxygen atoms in total. The highest BCUT2D eigenvalue weighted by atomic mass is 19.2. The van der Waals surface area contributed by atoms with Gasteiger partial charge in [0.1, 0.15) is 6.54 Å². The monoisotopic (exact) mass is 356 g/mol. The lowest BCUT2D eigenvalue weighted by molar-refractivity contribution is -0.123. The number of amides is 2. The Hall–Kier alpha value is -3.20. The Bertz CT molecular complexity index is 859. The topological polar surface area (TPSA) is 49.4 Å². The Labute approximate surface area is 150 Å². The van der Waals surface area contributed by atoms with Gasteiger partial charge in [-0.15, -0.1) is 6.42 Å². The Morgan fingerprint density at radius 3 is 2.58 bits per heavy atom. The summed E-state index contributed by atoms with van der Waals surface area (Å²) in [5, 5.41) is 2.47. The average Bonchev–Trinajstić information content (AvgIpc) is 2.66. The molecular formula is C20H18F2N2O2. The van der Waals surface area contributed by atoms with Crippen LogP contribution in [0, 0.1) is 24.0 Å². The van der Waals surface area contributed by atoms with Gasteiger partial charge in [0.05, 0.1) is 0 Å². The molecule has 134 valence electrons. The number of carbonyl (C=O) groups is 2. The lowest BCUT2D eigenvalue weighted by atomic mass is 10.1. The zero-order valence-electron chi connectivity index (χ0n) is 14.3. The van der Waals surface area contributed by atoms with E-state index in [1.165, 1.54) is 18.0 Å². The molecule has 1 N–H and O–H groups in total.